The molecule has 3 nitrogen and oxygen atoms in total. The lowest BCUT2D eigenvalue weighted by atomic mass is 9.93. The number of rotatable bonds is 5. The summed E-state index contributed by atoms with van der Waals surface area (Å²) in [6.45, 7) is 6.89. The second kappa shape index (κ2) is 5.83. The highest BCUT2D eigenvalue weighted by molar-refractivity contribution is 4.87. The first-order valence-electron chi connectivity index (χ1n) is 6.17. The van der Waals surface area contributed by atoms with Crippen LogP contribution < -0.4 is 5.32 Å². The summed E-state index contributed by atoms with van der Waals surface area (Å²) < 4.78 is 0. The van der Waals surface area contributed by atoms with E-state index in [1.807, 2.05) is 0 Å². The Balaban J connectivity index is 2.38. The summed E-state index contributed by atoms with van der Waals surface area (Å²) in [4.78, 5) is 2.37. The van der Waals surface area contributed by atoms with E-state index in [0.717, 1.165) is 12.8 Å². The zero-order chi connectivity index (χ0) is 11.3. The number of nitrogens with zero attached hydrogens (tertiary/aromatic N) is 1. The summed E-state index contributed by atoms with van der Waals surface area (Å²) in [5.41, 5.74) is -0.0741. The molecule has 0 aromatic heterocycles. The van der Waals surface area contributed by atoms with E-state index in [-0.39, 0.29) is 12.1 Å². The number of hydrogen-bond acceptors (Lipinski definition) is 3. The zero-order valence-electron chi connectivity index (χ0n) is 10.4. The predicted molar refractivity (Wildman–Crippen MR) is 64.1 cm³/mol. The van der Waals surface area contributed by atoms with Crippen molar-refractivity contribution < 1.29 is 5.11 Å². The van der Waals surface area contributed by atoms with E-state index in [1.54, 1.807) is 0 Å². The molecule has 0 radical (unpaired) electrons. The molecule has 0 aromatic carbocycles. The number of likely N-dealkylation sites (tertiary alicyclic amines) is 1. The maximum atomic E-state index is 9.43. The number of hydrogen-bond donors (Lipinski definition) is 2. The highest BCUT2D eigenvalue weighted by Crippen LogP contribution is 2.17. The van der Waals surface area contributed by atoms with Gasteiger partial charge in [0, 0.05) is 11.6 Å². The third kappa shape index (κ3) is 4.09. The van der Waals surface area contributed by atoms with Crippen molar-refractivity contribution in [3.63, 3.8) is 0 Å². The highest BCUT2D eigenvalue weighted by Gasteiger charge is 2.27. The van der Waals surface area contributed by atoms with Crippen molar-refractivity contribution in [2.45, 2.75) is 51.1 Å². The Morgan fingerprint density at radius 3 is 2.47 bits per heavy atom. The lowest BCUT2D eigenvalue weighted by Gasteiger charge is -2.37. The van der Waals surface area contributed by atoms with E-state index in [9.17, 15) is 5.11 Å². The van der Waals surface area contributed by atoms with Crippen LogP contribution in [-0.4, -0.2) is 48.3 Å². The monoisotopic (exact) mass is 214 g/mol. The molecular formula is C12H26N2O. The summed E-state index contributed by atoms with van der Waals surface area (Å²) in [5, 5.41) is 13.1. The van der Waals surface area contributed by atoms with E-state index in [1.165, 1.54) is 25.9 Å². The average molecular weight is 214 g/mol. The van der Waals surface area contributed by atoms with Crippen LogP contribution in [0.25, 0.3) is 0 Å². The maximum Gasteiger partial charge on any atom is 0.0610 e. The van der Waals surface area contributed by atoms with Gasteiger partial charge in [-0.25, -0.2) is 0 Å². The van der Waals surface area contributed by atoms with Gasteiger partial charge >= 0.3 is 0 Å². The fourth-order valence-corrected chi connectivity index (χ4v) is 2.39. The van der Waals surface area contributed by atoms with Crippen molar-refractivity contribution in [3.05, 3.63) is 0 Å². The van der Waals surface area contributed by atoms with E-state index in [4.69, 9.17) is 0 Å². The molecule has 0 bridgehead atoms. The molecule has 1 heterocycles. The van der Waals surface area contributed by atoms with Crippen LogP contribution in [0.4, 0.5) is 0 Å². The minimum Gasteiger partial charge on any atom is -0.394 e. The van der Waals surface area contributed by atoms with Crippen LogP contribution in [0.5, 0.6) is 0 Å². The van der Waals surface area contributed by atoms with Crippen molar-refractivity contribution in [2.75, 3.05) is 26.7 Å². The molecule has 0 spiro atoms. The van der Waals surface area contributed by atoms with E-state index >= 15 is 0 Å². The van der Waals surface area contributed by atoms with Gasteiger partial charge in [-0.1, -0.05) is 13.3 Å². The molecule has 1 saturated heterocycles. The molecule has 1 fully saturated rings. The molecule has 1 atom stereocenters. The van der Waals surface area contributed by atoms with Crippen LogP contribution >= 0.6 is 0 Å². The summed E-state index contributed by atoms with van der Waals surface area (Å²) in [6, 6.07) is 0.588. The van der Waals surface area contributed by atoms with Crippen LogP contribution in [-0.2, 0) is 0 Å². The first-order chi connectivity index (χ1) is 7.09. The van der Waals surface area contributed by atoms with Crippen molar-refractivity contribution in [3.8, 4) is 0 Å². The third-order valence-corrected chi connectivity index (χ3v) is 3.42. The lowest BCUT2D eigenvalue weighted by Crippen LogP contribution is -2.53. The van der Waals surface area contributed by atoms with Gasteiger partial charge in [0.25, 0.3) is 0 Å². The Bertz CT molecular complexity index is 178. The fourth-order valence-electron chi connectivity index (χ4n) is 2.39. The highest BCUT2D eigenvalue weighted by atomic mass is 16.3. The quantitative estimate of drug-likeness (QED) is 0.722. The van der Waals surface area contributed by atoms with E-state index < -0.39 is 0 Å². The van der Waals surface area contributed by atoms with Crippen molar-refractivity contribution in [1.29, 1.82) is 0 Å². The Labute approximate surface area is 93.9 Å². The van der Waals surface area contributed by atoms with Gasteiger partial charge in [-0.05, 0) is 46.3 Å². The second-order valence-corrected chi connectivity index (χ2v) is 5.19. The van der Waals surface area contributed by atoms with Gasteiger partial charge in [0.1, 0.15) is 0 Å². The van der Waals surface area contributed by atoms with Gasteiger partial charge in [0.05, 0.1) is 6.61 Å². The van der Waals surface area contributed by atoms with Crippen molar-refractivity contribution in [2.24, 2.45) is 0 Å². The molecule has 1 aliphatic heterocycles. The van der Waals surface area contributed by atoms with Crippen molar-refractivity contribution >= 4 is 0 Å². The number of aliphatic hydroxyl groups is 1. The number of nitrogens with one attached hydrogen (secondary N) is 1. The van der Waals surface area contributed by atoms with Gasteiger partial charge in [0.2, 0.25) is 0 Å². The molecule has 1 unspecified atom stereocenters. The largest absolute Gasteiger partial charge is 0.394 e. The molecule has 15 heavy (non-hydrogen) atoms. The standard InChI is InChI=1S/C12H26N2O/c1-4-7-12(2,10-15)13-11-5-8-14(3)9-6-11/h11,13,15H,4-10H2,1-3H3. The van der Waals surface area contributed by atoms with Crippen LogP contribution in [0.15, 0.2) is 0 Å². The molecule has 2 N–H and O–H groups in total. The molecule has 90 valence electrons. The fraction of sp³-hybridized carbons (Fsp3) is 1.00. The molecule has 1 aliphatic rings. The first-order valence-corrected chi connectivity index (χ1v) is 6.17. The summed E-state index contributed by atoms with van der Waals surface area (Å²) in [7, 11) is 2.17. The molecule has 1 rings (SSSR count). The van der Waals surface area contributed by atoms with Crippen LogP contribution in [0.3, 0.4) is 0 Å². The molecule has 0 aliphatic carbocycles. The van der Waals surface area contributed by atoms with Crippen LogP contribution in [0.1, 0.15) is 39.5 Å². The lowest BCUT2D eigenvalue weighted by molar-refractivity contribution is 0.129. The molecule has 0 aromatic rings. The van der Waals surface area contributed by atoms with E-state index in [2.05, 4.69) is 31.1 Å². The minimum absolute atomic E-state index is 0.0741. The summed E-state index contributed by atoms with van der Waals surface area (Å²) >= 11 is 0. The maximum absolute atomic E-state index is 9.43. The zero-order valence-corrected chi connectivity index (χ0v) is 10.4. The molecule has 0 amide bonds. The average Bonchev–Trinajstić information content (AvgIpc) is 2.22. The number of aliphatic hydroxyl groups excluding tert-OH is 1. The van der Waals surface area contributed by atoms with Gasteiger partial charge < -0.3 is 15.3 Å². The van der Waals surface area contributed by atoms with Gasteiger partial charge in [-0.15, -0.1) is 0 Å². The topological polar surface area (TPSA) is 35.5 Å². The summed E-state index contributed by atoms with van der Waals surface area (Å²) in [5.74, 6) is 0. The Morgan fingerprint density at radius 1 is 1.40 bits per heavy atom. The van der Waals surface area contributed by atoms with Gasteiger partial charge in [-0.3, -0.25) is 0 Å². The third-order valence-electron chi connectivity index (χ3n) is 3.42. The molecule has 0 saturated carbocycles. The van der Waals surface area contributed by atoms with Crippen molar-refractivity contribution in [1.82, 2.24) is 10.2 Å². The predicted octanol–water partition coefficient (Wildman–Crippen LogP) is 1.22. The first kappa shape index (κ1) is 12.9. The van der Waals surface area contributed by atoms with E-state index in [0.29, 0.717) is 6.04 Å². The number of piperidine rings is 1. The Kier molecular flexibility index (Phi) is 5.03. The van der Waals surface area contributed by atoms with Crippen LogP contribution in [0.2, 0.25) is 0 Å². The normalized spacial score (nSPS) is 24.0. The smallest absolute Gasteiger partial charge is 0.0610 e. The van der Waals surface area contributed by atoms with Gasteiger partial charge in [-0.2, -0.15) is 0 Å². The SMILES string of the molecule is CCCC(C)(CO)NC1CCN(C)CC1. The Morgan fingerprint density at radius 2 is 2.00 bits per heavy atom. The van der Waals surface area contributed by atoms with Gasteiger partial charge in [0.15, 0.2) is 0 Å². The molecular weight excluding hydrogens is 188 g/mol. The summed E-state index contributed by atoms with van der Waals surface area (Å²) in [6.07, 6.45) is 4.58. The minimum atomic E-state index is -0.0741. The molecule has 3 heteroatoms. The Hall–Kier alpha value is -0.120. The van der Waals surface area contributed by atoms with Crippen LogP contribution in [0, 0.1) is 0 Å². The second-order valence-electron chi connectivity index (χ2n) is 5.19.